The summed E-state index contributed by atoms with van der Waals surface area (Å²) < 4.78 is 11.1. The molecular formula is C21H23N7O2. The maximum atomic E-state index is 5.72. The Morgan fingerprint density at radius 3 is 2.70 bits per heavy atom. The summed E-state index contributed by atoms with van der Waals surface area (Å²) in [5, 5.41) is 12.9. The molecule has 3 N–H and O–H groups in total. The van der Waals surface area contributed by atoms with Crippen molar-refractivity contribution in [1.29, 1.82) is 0 Å². The number of rotatable bonds is 6. The van der Waals surface area contributed by atoms with Crippen molar-refractivity contribution >= 4 is 34.5 Å². The van der Waals surface area contributed by atoms with Crippen LogP contribution in [0.25, 0.3) is 33.1 Å². The third-order valence-electron chi connectivity index (χ3n) is 4.93. The van der Waals surface area contributed by atoms with Gasteiger partial charge in [-0.3, -0.25) is 5.43 Å². The molecule has 0 fully saturated rings. The van der Waals surface area contributed by atoms with Crippen LogP contribution in [0.3, 0.4) is 0 Å². The van der Waals surface area contributed by atoms with Crippen LogP contribution < -0.4 is 15.5 Å². The number of aromatic amines is 1. The number of nitrogens with zero attached hydrogens (tertiary/aromatic N) is 4. The Kier molecular flexibility index (Phi) is 4.86. The molecule has 4 aromatic rings. The van der Waals surface area contributed by atoms with E-state index >= 15 is 0 Å². The first kappa shape index (κ1) is 19.4. The van der Waals surface area contributed by atoms with Crippen molar-refractivity contribution < 1.29 is 9.26 Å². The van der Waals surface area contributed by atoms with E-state index in [1.165, 1.54) is 0 Å². The van der Waals surface area contributed by atoms with Crippen LogP contribution >= 0.6 is 0 Å². The number of ether oxygens (including phenoxy) is 1. The summed E-state index contributed by atoms with van der Waals surface area (Å²) in [7, 11) is 1.65. The molecule has 3 aromatic heterocycles. The third kappa shape index (κ3) is 3.14. The number of aryl methyl sites for hydroxylation is 3. The van der Waals surface area contributed by atoms with E-state index in [0.29, 0.717) is 23.2 Å². The highest BCUT2D eigenvalue weighted by Crippen LogP contribution is 2.40. The van der Waals surface area contributed by atoms with Gasteiger partial charge in [-0.1, -0.05) is 5.16 Å². The third-order valence-corrected chi connectivity index (χ3v) is 4.93. The van der Waals surface area contributed by atoms with Gasteiger partial charge in [0.25, 0.3) is 0 Å². The average molecular weight is 405 g/mol. The second-order valence-electron chi connectivity index (χ2n) is 6.86. The number of hydrogen-bond donors (Lipinski definition) is 3. The molecule has 0 amide bonds. The fourth-order valence-electron chi connectivity index (χ4n) is 3.64. The number of fused-ring (bicyclic) bond motifs is 3. The molecule has 0 radical (unpaired) electrons. The molecule has 0 aliphatic heterocycles. The number of methoxy groups -OCH3 is 1. The molecule has 9 nitrogen and oxygen atoms in total. The van der Waals surface area contributed by atoms with Gasteiger partial charge in [0.05, 0.1) is 23.8 Å². The van der Waals surface area contributed by atoms with Crippen molar-refractivity contribution in [3.63, 3.8) is 0 Å². The molecule has 0 unspecified atom stereocenters. The Labute approximate surface area is 173 Å². The number of H-pyrrole nitrogens is 1. The van der Waals surface area contributed by atoms with E-state index in [1.807, 2.05) is 45.9 Å². The summed E-state index contributed by atoms with van der Waals surface area (Å²) in [5.74, 6) is 3.40. The van der Waals surface area contributed by atoms with Crippen molar-refractivity contribution in [2.24, 2.45) is 5.10 Å². The minimum atomic E-state index is 0.636. The topological polar surface area (TPSA) is 113 Å². The Morgan fingerprint density at radius 2 is 2.07 bits per heavy atom. The SMILES string of the molecule is C=NN/C(=C\C)Nc1nc(C)nc2[nH]c3cc(-c4c(C)noc4C)c(OC)cc3c12. The van der Waals surface area contributed by atoms with Crippen molar-refractivity contribution in [2.45, 2.75) is 27.7 Å². The molecule has 30 heavy (non-hydrogen) atoms. The lowest BCUT2D eigenvalue weighted by molar-refractivity contribution is 0.393. The molecule has 9 heteroatoms. The van der Waals surface area contributed by atoms with Crippen molar-refractivity contribution in [3.8, 4) is 16.9 Å². The highest BCUT2D eigenvalue weighted by atomic mass is 16.5. The zero-order chi connectivity index (χ0) is 21.4. The number of aromatic nitrogens is 4. The van der Waals surface area contributed by atoms with Crippen LogP contribution in [0.2, 0.25) is 0 Å². The van der Waals surface area contributed by atoms with Crippen LogP contribution in [0.1, 0.15) is 24.2 Å². The lowest BCUT2D eigenvalue weighted by atomic mass is 10.0. The van der Waals surface area contributed by atoms with E-state index in [9.17, 15) is 0 Å². The standard InChI is InChI=1S/C21H23N7O2/c1-7-17(27-22-5)26-21-19-13-9-16(29-6)14(18-10(2)28-30-11(18)3)8-15(13)25-20(19)23-12(4)24-21/h7-9,27H,5H2,1-4,6H3,(H2,23,24,25,26)/b17-7-. The van der Waals surface area contributed by atoms with Gasteiger partial charge >= 0.3 is 0 Å². The first-order chi connectivity index (χ1) is 14.5. The van der Waals surface area contributed by atoms with E-state index < -0.39 is 0 Å². The molecule has 154 valence electrons. The number of allylic oxidation sites excluding steroid dienone is 1. The largest absolute Gasteiger partial charge is 0.496 e. The van der Waals surface area contributed by atoms with Crippen LogP contribution in [0.4, 0.5) is 5.82 Å². The van der Waals surface area contributed by atoms with E-state index in [2.05, 4.69) is 42.7 Å². The number of hydrazone groups is 1. The zero-order valence-corrected chi connectivity index (χ0v) is 17.5. The van der Waals surface area contributed by atoms with E-state index in [1.54, 1.807) is 7.11 Å². The lowest BCUT2D eigenvalue weighted by Gasteiger charge is -2.11. The molecule has 0 saturated carbocycles. The second kappa shape index (κ2) is 7.51. The fraction of sp³-hybridized carbons (Fsp3) is 0.238. The Bertz CT molecular complexity index is 1280. The predicted molar refractivity (Wildman–Crippen MR) is 118 cm³/mol. The Balaban J connectivity index is 1.99. The Hall–Kier alpha value is -3.88. The normalized spacial score (nSPS) is 11.8. The predicted octanol–water partition coefficient (Wildman–Crippen LogP) is 4.18. The summed E-state index contributed by atoms with van der Waals surface area (Å²) in [6, 6.07) is 4.01. The first-order valence-electron chi connectivity index (χ1n) is 9.43. The molecule has 0 bridgehead atoms. The molecule has 0 saturated heterocycles. The maximum Gasteiger partial charge on any atom is 0.145 e. The summed E-state index contributed by atoms with van der Waals surface area (Å²) in [4.78, 5) is 12.6. The summed E-state index contributed by atoms with van der Waals surface area (Å²) in [5.41, 5.74) is 7.07. The monoisotopic (exact) mass is 405 g/mol. The van der Waals surface area contributed by atoms with E-state index in [4.69, 9.17) is 9.26 Å². The Morgan fingerprint density at radius 1 is 1.27 bits per heavy atom. The molecule has 0 aliphatic rings. The van der Waals surface area contributed by atoms with Gasteiger partial charge in [-0.05, 0) is 45.9 Å². The van der Waals surface area contributed by atoms with Gasteiger partial charge in [0, 0.05) is 23.2 Å². The van der Waals surface area contributed by atoms with Crippen molar-refractivity contribution in [2.75, 3.05) is 12.4 Å². The smallest absolute Gasteiger partial charge is 0.145 e. The minimum absolute atomic E-state index is 0.636. The minimum Gasteiger partial charge on any atom is -0.496 e. The van der Waals surface area contributed by atoms with Gasteiger partial charge < -0.3 is 19.6 Å². The number of hydrogen-bond acceptors (Lipinski definition) is 8. The summed E-state index contributed by atoms with van der Waals surface area (Å²) in [6.07, 6.45) is 1.85. The quantitative estimate of drug-likeness (QED) is 0.326. The number of nitrogens with one attached hydrogen (secondary N) is 3. The second-order valence-corrected chi connectivity index (χ2v) is 6.86. The van der Waals surface area contributed by atoms with E-state index in [-0.39, 0.29) is 0 Å². The summed E-state index contributed by atoms with van der Waals surface area (Å²) in [6.45, 7) is 11.0. The highest BCUT2D eigenvalue weighted by molar-refractivity contribution is 6.13. The van der Waals surface area contributed by atoms with Crippen molar-refractivity contribution in [1.82, 2.24) is 25.5 Å². The molecule has 4 rings (SSSR count). The molecule has 3 heterocycles. The average Bonchev–Trinajstić information content (AvgIpc) is 3.24. The van der Waals surface area contributed by atoms with Gasteiger partial charge in [0.15, 0.2) is 0 Å². The molecule has 0 atom stereocenters. The summed E-state index contributed by atoms with van der Waals surface area (Å²) >= 11 is 0. The maximum absolute atomic E-state index is 5.72. The van der Waals surface area contributed by atoms with Gasteiger partial charge in [0.1, 0.15) is 34.6 Å². The van der Waals surface area contributed by atoms with Crippen LogP contribution in [-0.4, -0.2) is 33.9 Å². The molecular weight excluding hydrogens is 382 g/mol. The molecule has 0 aliphatic carbocycles. The number of anilines is 1. The van der Waals surface area contributed by atoms with Gasteiger partial charge in [0.2, 0.25) is 0 Å². The fourth-order valence-corrected chi connectivity index (χ4v) is 3.64. The zero-order valence-electron chi connectivity index (χ0n) is 17.5. The van der Waals surface area contributed by atoms with Crippen LogP contribution in [0.15, 0.2) is 33.7 Å². The van der Waals surface area contributed by atoms with Gasteiger partial charge in [-0.25, -0.2) is 9.97 Å². The van der Waals surface area contributed by atoms with Gasteiger partial charge in [-0.2, -0.15) is 5.10 Å². The highest BCUT2D eigenvalue weighted by Gasteiger charge is 2.20. The number of benzene rings is 1. The van der Waals surface area contributed by atoms with E-state index in [0.717, 1.165) is 44.5 Å². The van der Waals surface area contributed by atoms with Crippen LogP contribution in [0, 0.1) is 20.8 Å². The lowest BCUT2D eigenvalue weighted by Crippen LogP contribution is -2.14. The van der Waals surface area contributed by atoms with Crippen LogP contribution in [0.5, 0.6) is 5.75 Å². The van der Waals surface area contributed by atoms with Crippen LogP contribution in [-0.2, 0) is 0 Å². The molecule has 1 aromatic carbocycles. The molecule has 0 spiro atoms. The van der Waals surface area contributed by atoms with Crippen molar-refractivity contribution in [3.05, 3.63) is 41.3 Å². The first-order valence-corrected chi connectivity index (χ1v) is 9.43. The van der Waals surface area contributed by atoms with Gasteiger partial charge in [-0.15, -0.1) is 0 Å².